The monoisotopic (exact) mass is 476 g/mol. The fraction of sp³-hybridized carbons (Fsp3) is 0.458. The van der Waals surface area contributed by atoms with E-state index in [4.69, 9.17) is 14.2 Å². The molecule has 0 fully saturated rings. The van der Waals surface area contributed by atoms with Crippen LogP contribution < -0.4 is 19.5 Å². The molecule has 0 atom stereocenters. The van der Waals surface area contributed by atoms with Crippen LogP contribution in [0.5, 0.6) is 17.2 Å². The molecule has 9 heteroatoms. The molecule has 0 saturated carbocycles. The summed E-state index contributed by atoms with van der Waals surface area (Å²) in [7, 11) is -1.80. The third-order valence-electron chi connectivity index (χ3n) is 5.45. The molecule has 3 rings (SSSR count). The molecule has 2 aromatic rings. The van der Waals surface area contributed by atoms with E-state index in [2.05, 4.69) is 5.32 Å². The van der Waals surface area contributed by atoms with Crippen molar-refractivity contribution >= 4 is 15.9 Å². The second-order valence-corrected chi connectivity index (χ2v) is 9.76. The van der Waals surface area contributed by atoms with E-state index in [0.29, 0.717) is 56.2 Å². The van der Waals surface area contributed by atoms with Crippen LogP contribution in [-0.2, 0) is 23.0 Å². The fourth-order valence-corrected chi connectivity index (χ4v) is 5.22. The van der Waals surface area contributed by atoms with Gasteiger partial charge in [-0.3, -0.25) is 4.79 Å². The second-order valence-electron chi connectivity index (χ2n) is 7.67. The maximum Gasteiger partial charge on any atom is 0.251 e. The Bertz CT molecular complexity index is 1070. The van der Waals surface area contributed by atoms with Gasteiger partial charge in [0.1, 0.15) is 5.75 Å². The third kappa shape index (κ3) is 6.39. The van der Waals surface area contributed by atoms with Crippen molar-refractivity contribution in [3.8, 4) is 17.2 Å². The number of amides is 1. The highest BCUT2D eigenvalue weighted by atomic mass is 32.2. The number of nitrogens with zero attached hydrogens (tertiary/aromatic N) is 1. The van der Waals surface area contributed by atoms with Gasteiger partial charge in [-0.25, -0.2) is 8.42 Å². The van der Waals surface area contributed by atoms with Crippen LogP contribution in [-0.4, -0.2) is 57.8 Å². The van der Waals surface area contributed by atoms with Crippen LogP contribution in [0.2, 0.25) is 0 Å². The molecule has 33 heavy (non-hydrogen) atoms. The van der Waals surface area contributed by atoms with Gasteiger partial charge in [-0.2, -0.15) is 4.31 Å². The lowest BCUT2D eigenvalue weighted by Gasteiger charge is -2.28. The van der Waals surface area contributed by atoms with E-state index in [9.17, 15) is 13.2 Å². The van der Waals surface area contributed by atoms with Gasteiger partial charge in [0, 0.05) is 25.2 Å². The van der Waals surface area contributed by atoms with Gasteiger partial charge in [-0.05, 0) is 68.1 Å². The highest BCUT2D eigenvalue weighted by molar-refractivity contribution is 7.89. The van der Waals surface area contributed by atoms with Crippen LogP contribution in [0.3, 0.4) is 0 Å². The molecule has 180 valence electrons. The SMILES string of the molecule is CCOc1ccc(C(=O)NCCCS(=O)(=O)N2CCc3cc(OC)ccc3C2)cc1OCC. The first-order valence-electron chi connectivity index (χ1n) is 11.2. The number of benzene rings is 2. The minimum Gasteiger partial charge on any atom is -0.497 e. The number of sulfonamides is 1. The summed E-state index contributed by atoms with van der Waals surface area (Å²) in [5, 5.41) is 2.79. The van der Waals surface area contributed by atoms with E-state index in [1.807, 2.05) is 32.0 Å². The summed E-state index contributed by atoms with van der Waals surface area (Å²) in [6.07, 6.45) is 0.984. The van der Waals surface area contributed by atoms with Crippen LogP contribution in [0.1, 0.15) is 41.8 Å². The predicted octanol–water partition coefficient (Wildman–Crippen LogP) is 3.00. The Hall–Kier alpha value is -2.78. The van der Waals surface area contributed by atoms with Crippen molar-refractivity contribution < 1.29 is 27.4 Å². The third-order valence-corrected chi connectivity index (χ3v) is 7.36. The van der Waals surface area contributed by atoms with Crippen LogP contribution >= 0.6 is 0 Å². The highest BCUT2D eigenvalue weighted by Gasteiger charge is 2.26. The predicted molar refractivity (Wildman–Crippen MR) is 127 cm³/mol. The number of rotatable bonds is 11. The Morgan fingerprint density at radius 2 is 1.79 bits per heavy atom. The molecular formula is C24H32N2O6S. The zero-order chi connectivity index (χ0) is 23.8. The molecule has 0 aromatic heterocycles. The van der Waals surface area contributed by atoms with E-state index in [1.54, 1.807) is 25.3 Å². The largest absolute Gasteiger partial charge is 0.497 e. The van der Waals surface area contributed by atoms with Gasteiger partial charge in [0.25, 0.3) is 5.91 Å². The summed E-state index contributed by atoms with van der Waals surface area (Å²) in [6, 6.07) is 10.7. The molecule has 0 bridgehead atoms. The number of fused-ring (bicyclic) bond motifs is 1. The number of carbonyl (C=O) groups is 1. The average molecular weight is 477 g/mol. The van der Waals surface area contributed by atoms with Crippen molar-refractivity contribution in [3.63, 3.8) is 0 Å². The Labute approximate surface area is 195 Å². The number of hydrogen-bond acceptors (Lipinski definition) is 6. The molecule has 0 saturated heterocycles. The van der Waals surface area contributed by atoms with Crippen molar-refractivity contribution in [2.45, 2.75) is 33.2 Å². The van der Waals surface area contributed by atoms with E-state index in [-0.39, 0.29) is 18.2 Å². The molecule has 1 N–H and O–H groups in total. The number of ether oxygens (including phenoxy) is 3. The van der Waals surface area contributed by atoms with E-state index in [0.717, 1.165) is 16.9 Å². The first-order valence-corrected chi connectivity index (χ1v) is 12.8. The van der Waals surface area contributed by atoms with Crippen LogP contribution in [0, 0.1) is 0 Å². The Morgan fingerprint density at radius 3 is 2.52 bits per heavy atom. The standard InChI is InChI=1S/C24H32N2O6S/c1-4-31-22-10-8-19(16-23(22)32-5-2)24(27)25-12-6-14-33(28,29)26-13-11-18-15-21(30-3)9-7-20(18)17-26/h7-10,15-16H,4-6,11-14,17H2,1-3H3,(H,25,27). The summed E-state index contributed by atoms with van der Waals surface area (Å²) in [5.41, 5.74) is 2.56. The molecule has 8 nitrogen and oxygen atoms in total. The lowest BCUT2D eigenvalue weighted by atomic mass is 10.0. The van der Waals surface area contributed by atoms with Gasteiger partial charge in [0.2, 0.25) is 10.0 Å². The topological polar surface area (TPSA) is 94.2 Å². The molecule has 2 aromatic carbocycles. The molecule has 0 radical (unpaired) electrons. The lowest BCUT2D eigenvalue weighted by molar-refractivity contribution is 0.0953. The number of hydrogen-bond donors (Lipinski definition) is 1. The van der Waals surface area contributed by atoms with E-state index in [1.165, 1.54) is 4.31 Å². The number of carbonyl (C=O) groups excluding carboxylic acids is 1. The van der Waals surface area contributed by atoms with Gasteiger partial charge >= 0.3 is 0 Å². The summed E-state index contributed by atoms with van der Waals surface area (Å²) in [6.45, 7) is 5.76. The van der Waals surface area contributed by atoms with Gasteiger partial charge in [0.05, 0.1) is 26.1 Å². The van der Waals surface area contributed by atoms with Crippen molar-refractivity contribution in [1.82, 2.24) is 9.62 Å². The summed E-state index contributed by atoms with van der Waals surface area (Å²) in [5.74, 6) is 1.58. The zero-order valence-corrected chi connectivity index (χ0v) is 20.2. The minimum absolute atomic E-state index is 0.0216. The number of methoxy groups -OCH3 is 1. The molecule has 0 unspecified atom stereocenters. The Balaban J connectivity index is 1.51. The quantitative estimate of drug-likeness (QED) is 0.501. The first-order chi connectivity index (χ1) is 15.9. The maximum absolute atomic E-state index is 12.8. The molecule has 0 aliphatic carbocycles. The second kappa shape index (κ2) is 11.4. The fourth-order valence-electron chi connectivity index (χ4n) is 3.75. The van der Waals surface area contributed by atoms with Crippen molar-refractivity contribution in [2.75, 3.05) is 39.2 Å². The first kappa shape index (κ1) is 24.9. The van der Waals surface area contributed by atoms with Crippen molar-refractivity contribution in [3.05, 3.63) is 53.1 Å². The number of nitrogens with one attached hydrogen (secondary N) is 1. The van der Waals surface area contributed by atoms with E-state index < -0.39 is 10.0 Å². The van der Waals surface area contributed by atoms with Gasteiger partial charge < -0.3 is 19.5 Å². The molecule has 1 aliphatic rings. The average Bonchev–Trinajstić information content (AvgIpc) is 2.82. The van der Waals surface area contributed by atoms with Crippen LogP contribution in [0.15, 0.2) is 36.4 Å². The lowest BCUT2D eigenvalue weighted by Crippen LogP contribution is -2.38. The van der Waals surface area contributed by atoms with E-state index >= 15 is 0 Å². The van der Waals surface area contributed by atoms with Crippen molar-refractivity contribution in [1.29, 1.82) is 0 Å². The summed E-state index contributed by atoms with van der Waals surface area (Å²) in [4.78, 5) is 12.5. The van der Waals surface area contributed by atoms with Gasteiger partial charge in [-0.1, -0.05) is 6.07 Å². The minimum atomic E-state index is -3.42. The zero-order valence-electron chi connectivity index (χ0n) is 19.4. The van der Waals surface area contributed by atoms with Gasteiger partial charge in [0.15, 0.2) is 11.5 Å². The van der Waals surface area contributed by atoms with Crippen LogP contribution in [0.25, 0.3) is 0 Å². The van der Waals surface area contributed by atoms with Crippen molar-refractivity contribution in [2.24, 2.45) is 0 Å². The summed E-state index contributed by atoms with van der Waals surface area (Å²) < 4.78 is 43.5. The summed E-state index contributed by atoms with van der Waals surface area (Å²) >= 11 is 0. The maximum atomic E-state index is 12.8. The normalized spacial score (nSPS) is 13.8. The molecular weight excluding hydrogens is 444 g/mol. The van der Waals surface area contributed by atoms with Crippen LogP contribution in [0.4, 0.5) is 0 Å². The molecule has 1 heterocycles. The van der Waals surface area contributed by atoms with Gasteiger partial charge in [-0.15, -0.1) is 0 Å². The highest BCUT2D eigenvalue weighted by Crippen LogP contribution is 2.28. The Kier molecular flexibility index (Phi) is 8.57. The Morgan fingerprint density at radius 1 is 1.03 bits per heavy atom. The molecule has 0 spiro atoms. The molecule has 1 amide bonds. The smallest absolute Gasteiger partial charge is 0.251 e. The molecule has 1 aliphatic heterocycles.